The number of nitrogens with one attached hydrogen (secondary N) is 1. The van der Waals surface area contributed by atoms with Crippen molar-refractivity contribution in [3.05, 3.63) is 72.8 Å². The Bertz CT molecular complexity index is 787. The Morgan fingerprint density at radius 2 is 1.87 bits per heavy atom. The van der Waals surface area contributed by atoms with Crippen LogP contribution >= 0.6 is 11.8 Å². The molecule has 6 heteroatoms. The summed E-state index contributed by atoms with van der Waals surface area (Å²) < 4.78 is 14.8. The molecule has 0 aliphatic carbocycles. The van der Waals surface area contributed by atoms with Crippen molar-refractivity contribution in [1.82, 2.24) is 9.55 Å². The molecule has 0 spiro atoms. The number of aromatic nitrogens is 2. The van der Waals surface area contributed by atoms with Crippen molar-refractivity contribution in [3.63, 3.8) is 0 Å². The topological polar surface area (TPSA) is 46.9 Å². The number of benzene rings is 2. The minimum absolute atomic E-state index is 0.163. The number of para-hydroxylation sites is 1. The van der Waals surface area contributed by atoms with E-state index in [2.05, 4.69) is 10.3 Å². The summed E-state index contributed by atoms with van der Waals surface area (Å²) in [5, 5.41) is 3.47. The number of anilines is 1. The number of amides is 1. The van der Waals surface area contributed by atoms with Crippen molar-refractivity contribution in [2.45, 2.75) is 5.16 Å². The maximum Gasteiger partial charge on any atom is 0.234 e. The van der Waals surface area contributed by atoms with Crippen molar-refractivity contribution in [2.24, 2.45) is 0 Å². The number of hydrogen-bond donors (Lipinski definition) is 1. The molecule has 0 fully saturated rings. The molecule has 0 aliphatic rings. The lowest BCUT2D eigenvalue weighted by Crippen LogP contribution is -2.14. The highest BCUT2D eigenvalue weighted by Gasteiger charge is 2.09. The molecule has 0 aliphatic heterocycles. The lowest BCUT2D eigenvalue weighted by atomic mass is 10.3. The molecule has 0 bridgehead atoms. The third kappa shape index (κ3) is 3.98. The number of rotatable bonds is 5. The highest BCUT2D eigenvalue weighted by molar-refractivity contribution is 7.99. The fourth-order valence-electron chi connectivity index (χ4n) is 2.04. The van der Waals surface area contributed by atoms with Gasteiger partial charge in [-0.2, -0.15) is 0 Å². The second-order valence-electron chi connectivity index (χ2n) is 4.76. The van der Waals surface area contributed by atoms with E-state index in [4.69, 9.17) is 0 Å². The van der Waals surface area contributed by atoms with Crippen LogP contribution in [0.5, 0.6) is 0 Å². The summed E-state index contributed by atoms with van der Waals surface area (Å²) >= 11 is 1.34. The number of carbonyl (C=O) groups excluding carboxylic acids is 1. The highest BCUT2D eigenvalue weighted by atomic mass is 32.2. The van der Waals surface area contributed by atoms with E-state index >= 15 is 0 Å². The molecule has 0 atom stereocenters. The number of hydrogen-bond acceptors (Lipinski definition) is 3. The smallest absolute Gasteiger partial charge is 0.234 e. The Balaban J connectivity index is 1.62. The predicted molar refractivity (Wildman–Crippen MR) is 89.3 cm³/mol. The van der Waals surface area contributed by atoms with Gasteiger partial charge in [0, 0.05) is 23.8 Å². The van der Waals surface area contributed by atoms with Crippen LogP contribution in [0.15, 0.2) is 72.1 Å². The van der Waals surface area contributed by atoms with Gasteiger partial charge in [-0.05, 0) is 36.4 Å². The minimum Gasteiger partial charge on any atom is -0.325 e. The van der Waals surface area contributed by atoms with E-state index in [1.54, 1.807) is 6.20 Å². The van der Waals surface area contributed by atoms with Gasteiger partial charge in [-0.15, -0.1) is 0 Å². The normalized spacial score (nSPS) is 10.5. The molecule has 0 saturated carbocycles. The molecule has 0 radical (unpaired) electrons. The van der Waals surface area contributed by atoms with Crippen LogP contribution in [0, 0.1) is 5.82 Å². The Hall–Kier alpha value is -2.60. The van der Waals surface area contributed by atoms with E-state index in [1.807, 2.05) is 41.1 Å². The second kappa shape index (κ2) is 7.11. The molecule has 0 unspecified atom stereocenters. The van der Waals surface area contributed by atoms with E-state index in [0.29, 0.717) is 5.69 Å². The van der Waals surface area contributed by atoms with Gasteiger partial charge in [-0.3, -0.25) is 9.36 Å². The third-order valence-electron chi connectivity index (χ3n) is 3.10. The van der Waals surface area contributed by atoms with Crippen LogP contribution in [0.2, 0.25) is 0 Å². The summed E-state index contributed by atoms with van der Waals surface area (Å²) in [6, 6.07) is 15.5. The molecular weight excluding hydrogens is 313 g/mol. The van der Waals surface area contributed by atoms with Gasteiger partial charge in [-0.1, -0.05) is 30.0 Å². The number of halogens is 1. The van der Waals surface area contributed by atoms with Gasteiger partial charge in [0.1, 0.15) is 5.82 Å². The molecule has 1 amide bonds. The zero-order valence-electron chi connectivity index (χ0n) is 12.1. The Morgan fingerprint density at radius 1 is 1.13 bits per heavy atom. The van der Waals surface area contributed by atoms with Crippen molar-refractivity contribution in [1.29, 1.82) is 0 Å². The van der Waals surface area contributed by atoms with E-state index in [-0.39, 0.29) is 17.5 Å². The molecule has 4 nitrogen and oxygen atoms in total. The quantitative estimate of drug-likeness (QED) is 0.726. The van der Waals surface area contributed by atoms with Gasteiger partial charge in [0.25, 0.3) is 0 Å². The molecule has 0 saturated heterocycles. The summed E-state index contributed by atoms with van der Waals surface area (Å²) in [6.45, 7) is 0. The number of thioether (sulfide) groups is 1. The van der Waals surface area contributed by atoms with Crippen LogP contribution in [0.1, 0.15) is 0 Å². The van der Waals surface area contributed by atoms with E-state index in [1.165, 1.54) is 36.0 Å². The first-order valence-corrected chi connectivity index (χ1v) is 7.98. The van der Waals surface area contributed by atoms with Gasteiger partial charge in [-0.25, -0.2) is 9.37 Å². The summed E-state index contributed by atoms with van der Waals surface area (Å²) in [5.74, 6) is -0.271. The average molecular weight is 327 g/mol. The maximum atomic E-state index is 12.8. The third-order valence-corrected chi connectivity index (χ3v) is 4.07. The van der Waals surface area contributed by atoms with Crippen LogP contribution < -0.4 is 5.32 Å². The summed E-state index contributed by atoms with van der Waals surface area (Å²) in [7, 11) is 0. The molecular formula is C17H14FN3OS. The van der Waals surface area contributed by atoms with Crippen LogP contribution in [0.25, 0.3) is 5.69 Å². The number of imidazole rings is 1. The van der Waals surface area contributed by atoms with Crippen molar-refractivity contribution in [3.8, 4) is 5.69 Å². The molecule has 1 heterocycles. The Labute approximate surface area is 137 Å². The van der Waals surface area contributed by atoms with Gasteiger partial charge in [0.05, 0.1) is 5.75 Å². The van der Waals surface area contributed by atoms with Crippen molar-refractivity contribution >= 4 is 23.4 Å². The Kier molecular flexibility index (Phi) is 4.73. The average Bonchev–Trinajstić information content (AvgIpc) is 3.04. The first-order valence-electron chi connectivity index (χ1n) is 6.99. The first-order chi connectivity index (χ1) is 11.2. The lowest BCUT2D eigenvalue weighted by molar-refractivity contribution is -0.113. The van der Waals surface area contributed by atoms with Crippen LogP contribution in [-0.4, -0.2) is 21.2 Å². The fourth-order valence-corrected chi connectivity index (χ4v) is 2.82. The molecule has 116 valence electrons. The largest absolute Gasteiger partial charge is 0.325 e. The van der Waals surface area contributed by atoms with E-state index in [9.17, 15) is 9.18 Å². The zero-order chi connectivity index (χ0) is 16.1. The number of carbonyl (C=O) groups is 1. The van der Waals surface area contributed by atoms with Crippen LogP contribution in [-0.2, 0) is 4.79 Å². The molecule has 3 rings (SSSR count). The van der Waals surface area contributed by atoms with E-state index in [0.717, 1.165) is 10.8 Å². The molecule has 23 heavy (non-hydrogen) atoms. The summed E-state index contributed by atoms with van der Waals surface area (Å²) in [5.41, 5.74) is 1.56. The lowest BCUT2D eigenvalue weighted by Gasteiger charge is -2.08. The standard InChI is InChI=1S/C17H14FN3OS/c18-13-6-8-14(9-7-13)20-16(22)12-23-17-19-10-11-21(17)15-4-2-1-3-5-15/h1-11H,12H2,(H,20,22). The van der Waals surface area contributed by atoms with Crippen LogP contribution in [0.4, 0.5) is 10.1 Å². The summed E-state index contributed by atoms with van der Waals surface area (Å²) in [4.78, 5) is 16.3. The monoisotopic (exact) mass is 327 g/mol. The molecule has 3 aromatic rings. The van der Waals surface area contributed by atoms with E-state index < -0.39 is 0 Å². The predicted octanol–water partition coefficient (Wildman–Crippen LogP) is 3.74. The second-order valence-corrected chi connectivity index (χ2v) is 5.70. The van der Waals surface area contributed by atoms with Gasteiger partial charge >= 0.3 is 0 Å². The SMILES string of the molecule is O=C(CSc1nccn1-c1ccccc1)Nc1ccc(F)cc1. The molecule has 1 N–H and O–H groups in total. The fraction of sp³-hybridized carbons (Fsp3) is 0.0588. The zero-order valence-corrected chi connectivity index (χ0v) is 13.0. The minimum atomic E-state index is -0.331. The highest BCUT2D eigenvalue weighted by Crippen LogP contribution is 2.20. The maximum absolute atomic E-state index is 12.8. The van der Waals surface area contributed by atoms with Gasteiger partial charge < -0.3 is 5.32 Å². The first kappa shape index (κ1) is 15.3. The van der Waals surface area contributed by atoms with Crippen LogP contribution in [0.3, 0.4) is 0 Å². The van der Waals surface area contributed by atoms with Gasteiger partial charge in [0.2, 0.25) is 5.91 Å². The molecule has 1 aromatic heterocycles. The molecule has 2 aromatic carbocycles. The Morgan fingerprint density at radius 3 is 2.61 bits per heavy atom. The van der Waals surface area contributed by atoms with Crippen molar-refractivity contribution < 1.29 is 9.18 Å². The van der Waals surface area contributed by atoms with Crippen molar-refractivity contribution in [2.75, 3.05) is 11.1 Å². The van der Waals surface area contributed by atoms with Gasteiger partial charge in [0.15, 0.2) is 5.16 Å². The summed E-state index contributed by atoms with van der Waals surface area (Å²) in [6.07, 6.45) is 3.56. The number of nitrogens with zero attached hydrogens (tertiary/aromatic N) is 2.